The molecule has 1 N–H and O–H groups in total. The molecule has 1 rings (SSSR count). The third-order valence-corrected chi connectivity index (χ3v) is 2.14. The van der Waals surface area contributed by atoms with Crippen LogP contribution >= 0.6 is 0 Å². The first-order chi connectivity index (χ1) is 5.64. The number of hydrogen-bond acceptors (Lipinski definition) is 1. The van der Waals surface area contributed by atoms with Crippen molar-refractivity contribution < 1.29 is 0 Å². The van der Waals surface area contributed by atoms with E-state index in [0.29, 0.717) is 0 Å². The average molecular weight is 163 g/mol. The van der Waals surface area contributed by atoms with Crippen molar-refractivity contribution in [2.75, 3.05) is 5.32 Å². The molecule has 1 aromatic carbocycles. The van der Waals surface area contributed by atoms with Gasteiger partial charge in [-0.1, -0.05) is 25.1 Å². The van der Waals surface area contributed by atoms with Crippen LogP contribution in [0.15, 0.2) is 30.3 Å². The van der Waals surface area contributed by atoms with Crippen LogP contribution in [0.1, 0.15) is 27.2 Å². The van der Waals surface area contributed by atoms with Crippen LogP contribution in [0, 0.1) is 0 Å². The topological polar surface area (TPSA) is 12.0 Å². The first kappa shape index (κ1) is 9.11. The molecule has 0 amide bonds. The normalized spacial score (nSPS) is 11.2. The number of para-hydroxylation sites is 1. The SMILES string of the molecule is CCC(C)(C)Nc1ccccc1. The van der Waals surface area contributed by atoms with E-state index >= 15 is 0 Å². The van der Waals surface area contributed by atoms with Gasteiger partial charge in [-0.3, -0.25) is 0 Å². The summed E-state index contributed by atoms with van der Waals surface area (Å²) in [5, 5.41) is 3.47. The van der Waals surface area contributed by atoms with Gasteiger partial charge in [0.1, 0.15) is 0 Å². The lowest BCUT2D eigenvalue weighted by Crippen LogP contribution is -2.29. The Morgan fingerprint density at radius 2 is 1.75 bits per heavy atom. The van der Waals surface area contributed by atoms with Gasteiger partial charge in [0, 0.05) is 11.2 Å². The molecular formula is C11H17N. The molecule has 0 saturated carbocycles. The maximum absolute atomic E-state index is 3.47. The molecule has 1 aromatic rings. The Labute approximate surface area is 74.8 Å². The molecule has 1 nitrogen and oxygen atoms in total. The van der Waals surface area contributed by atoms with Gasteiger partial charge in [0.25, 0.3) is 0 Å². The molecular weight excluding hydrogens is 146 g/mol. The van der Waals surface area contributed by atoms with E-state index in [4.69, 9.17) is 0 Å². The molecule has 0 fully saturated rings. The Kier molecular flexibility index (Phi) is 2.74. The quantitative estimate of drug-likeness (QED) is 0.721. The van der Waals surface area contributed by atoms with Crippen molar-refractivity contribution in [2.45, 2.75) is 32.7 Å². The van der Waals surface area contributed by atoms with Crippen molar-refractivity contribution in [1.82, 2.24) is 0 Å². The van der Waals surface area contributed by atoms with Crippen LogP contribution in [0.2, 0.25) is 0 Å². The van der Waals surface area contributed by atoms with E-state index in [1.54, 1.807) is 0 Å². The molecule has 0 radical (unpaired) electrons. The van der Waals surface area contributed by atoms with Gasteiger partial charge in [-0.2, -0.15) is 0 Å². The van der Waals surface area contributed by atoms with Crippen molar-refractivity contribution in [3.8, 4) is 0 Å². The van der Waals surface area contributed by atoms with Crippen LogP contribution in [0.3, 0.4) is 0 Å². The fourth-order valence-corrected chi connectivity index (χ4v) is 1.00. The minimum absolute atomic E-state index is 0.196. The summed E-state index contributed by atoms with van der Waals surface area (Å²) in [5.74, 6) is 0. The predicted octanol–water partition coefficient (Wildman–Crippen LogP) is 3.29. The Morgan fingerprint density at radius 3 is 2.25 bits per heavy atom. The van der Waals surface area contributed by atoms with Crippen molar-refractivity contribution in [3.05, 3.63) is 30.3 Å². The highest BCUT2D eigenvalue weighted by atomic mass is 15.0. The molecule has 0 saturated heterocycles. The van der Waals surface area contributed by atoms with Gasteiger partial charge in [-0.05, 0) is 32.4 Å². The molecule has 0 spiro atoms. The summed E-state index contributed by atoms with van der Waals surface area (Å²) < 4.78 is 0. The first-order valence-corrected chi connectivity index (χ1v) is 4.47. The Bertz CT molecular complexity index is 226. The van der Waals surface area contributed by atoms with E-state index in [2.05, 4.69) is 38.2 Å². The van der Waals surface area contributed by atoms with Crippen LogP contribution in [-0.2, 0) is 0 Å². The highest BCUT2D eigenvalue weighted by molar-refractivity contribution is 5.44. The van der Waals surface area contributed by atoms with E-state index < -0.39 is 0 Å². The molecule has 1 heteroatoms. The highest BCUT2D eigenvalue weighted by Crippen LogP contribution is 2.16. The van der Waals surface area contributed by atoms with Crippen LogP contribution in [0.4, 0.5) is 5.69 Å². The lowest BCUT2D eigenvalue weighted by molar-refractivity contribution is 0.547. The smallest absolute Gasteiger partial charge is 0.0344 e. The largest absolute Gasteiger partial charge is 0.380 e. The molecule has 0 aromatic heterocycles. The van der Waals surface area contributed by atoms with Gasteiger partial charge in [-0.15, -0.1) is 0 Å². The maximum Gasteiger partial charge on any atom is 0.0344 e. The Morgan fingerprint density at radius 1 is 1.17 bits per heavy atom. The lowest BCUT2D eigenvalue weighted by Gasteiger charge is -2.25. The predicted molar refractivity (Wildman–Crippen MR) is 54.4 cm³/mol. The zero-order valence-electron chi connectivity index (χ0n) is 8.09. The number of benzene rings is 1. The van der Waals surface area contributed by atoms with E-state index in [0.717, 1.165) is 6.42 Å². The number of rotatable bonds is 3. The van der Waals surface area contributed by atoms with Crippen molar-refractivity contribution in [2.24, 2.45) is 0 Å². The maximum atomic E-state index is 3.47. The number of anilines is 1. The molecule has 0 heterocycles. The van der Waals surface area contributed by atoms with Crippen LogP contribution in [0.25, 0.3) is 0 Å². The van der Waals surface area contributed by atoms with E-state index in [1.165, 1.54) is 5.69 Å². The first-order valence-electron chi connectivity index (χ1n) is 4.47. The molecule has 0 bridgehead atoms. The molecule has 0 aliphatic heterocycles. The summed E-state index contributed by atoms with van der Waals surface area (Å²) in [6, 6.07) is 10.3. The van der Waals surface area contributed by atoms with Crippen molar-refractivity contribution in [3.63, 3.8) is 0 Å². The summed E-state index contributed by atoms with van der Waals surface area (Å²) in [7, 11) is 0. The molecule has 0 unspecified atom stereocenters. The van der Waals surface area contributed by atoms with E-state index in [9.17, 15) is 0 Å². The summed E-state index contributed by atoms with van der Waals surface area (Å²) in [6.07, 6.45) is 1.13. The van der Waals surface area contributed by atoms with Crippen molar-refractivity contribution in [1.29, 1.82) is 0 Å². The molecule has 66 valence electrons. The van der Waals surface area contributed by atoms with Gasteiger partial charge in [-0.25, -0.2) is 0 Å². The van der Waals surface area contributed by atoms with E-state index in [1.807, 2.05) is 18.2 Å². The Balaban J connectivity index is 2.64. The molecule has 0 aliphatic rings. The van der Waals surface area contributed by atoms with Gasteiger partial charge < -0.3 is 5.32 Å². The van der Waals surface area contributed by atoms with Crippen LogP contribution in [-0.4, -0.2) is 5.54 Å². The minimum Gasteiger partial charge on any atom is -0.380 e. The molecule has 12 heavy (non-hydrogen) atoms. The van der Waals surface area contributed by atoms with Crippen LogP contribution in [0.5, 0.6) is 0 Å². The van der Waals surface area contributed by atoms with Gasteiger partial charge in [0.15, 0.2) is 0 Å². The second-order valence-electron chi connectivity index (χ2n) is 3.73. The summed E-state index contributed by atoms with van der Waals surface area (Å²) >= 11 is 0. The average Bonchev–Trinajstić information content (AvgIpc) is 2.06. The fraction of sp³-hybridized carbons (Fsp3) is 0.455. The molecule has 0 atom stereocenters. The summed E-state index contributed by atoms with van der Waals surface area (Å²) in [4.78, 5) is 0. The highest BCUT2D eigenvalue weighted by Gasteiger charge is 2.13. The zero-order valence-corrected chi connectivity index (χ0v) is 8.09. The number of hydrogen-bond donors (Lipinski definition) is 1. The van der Waals surface area contributed by atoms with Crippen molar-refractivity contribution >= 4 is 5.69 Å². The van der Waals surface area contributed by atoms with Gasteiger partial charge in [0.05, 0.1) is 0 Å². The monoisotopic (exact) mass is 163 g/mol. The lowest BCUT2D eigenvalue weighted by atomic mass is 10.0. The second-order valence-corrected chi connectivity index (χ2v) is 3.73. The second kappa shape index (κ2) is 3.61. The summed E-state index contributed by atoms with van der Waals surface area (Å²) in [6.45, 7) is 6.61. The molecule has 0 aliphatic carbocycles. The number of nitrogens with one attached hydrogen (secondary N) is 1. The van der Waals surface area contributed by atoms with Gasteiger partial charge in [0.2, 0.25) is 0 Å². The summed E-state index contributed by atoms with van der Waals surface area (Å²) in [5.41, 5.74) is 1.39. The Hall–Kier alpha value is -0.980. The van der Waals surface area contributed by atoms with Crippen LogP contribution < -0.4 is 5.32 Å². The van der Waals surface area contributed by atoms with E-state index in [-0.39, 0.29) is 5.54 Å². The third-order valence-electron chi connectivity index (χ3n) is 2.14. The zero-order chi connectivity index (χ0) is 9.03. The minimum atomic E-state index is 0.196. The standard InChI is InChI=1S/C11H17N/c1-4-11(2,3)12-10-8-6-5-7-9-10/h5-9,12H,4H2,1-3H3. The fourth-order valence-electron chi connectivity index (χ4n) is 1.00. The van der Waals surface area contributed by atoms with Gasteiger partial charge >= 0.3 is 0 Å². The third kappa shape index (κ3) is 2.57.